The second-order valence-corrected chi connectivity index (χ2v) is 5.42. The molecule has 2 amide bonds. The van der Waals surface area contributed by atoms with E-state index in [9.17, 15) is 9.59 Å². The zero-order chi connectivity index (χ0) is 15.4. The number of carboxylic acids is 1. The Kier molecular flexibility index (Phi) is 5.27. The fourth-order valence-electron chi connectivity index (χ4n) is 2.07. The summed E-state index contributed by atoms with van der Waals surface area (Å²) in [7, 11) is 0. The van der Waals surface area contributed by atoms with E-state index in [4.69, 9.17) is 33.0 Å². The van der Waals surface area contributed by atoms with Gasteiger partial charge < -0.3 is 20.1 Å². The van der Waals surface area contributed by atoms with Crippen molar-refractivity contribution >= 4 is 40.9 Å². The molecule has 21 heavy (non-hydrogen) atoms. The van der Waals surface area contributed by atoms with Crippen LogP contribution in [0.4, 0.5) is 10.5 Å². The summed E-state index contributed by atoms with van der Waals surface area (Å²) in [6.45, 7) is 0.887. The zero-order valence-corrected chi connectivity index (χ0v) is 12.5. The largest absolute Gasteiger partial charge is 0.481 e. The minimum atomic E-state index is -0.982. The predicted octanol–water partition coefficient (Wildman–Crippen LogP) is 2.70. The van der Waals surface area contributed by atoms with Gasteiger partial charge in [-0.05, 0) is 18.2 Å². The van der Waals surface area contributed by atoms with Crippen LogP contribution < -0.4 is 5.32 Å². The molecule has 6 nitrogen and oxygen atoms in total. The third-order valence-corrected chi connectivity index (χ3v) is 3.63. The van der Waals surface area contributed by atoms with Crippen molar-refractivity contribution in [1.29, 1.82) is 0 Å². The Hall–Kier alpha value is -1.50. The average molecular weight is 333 g/mol. The third-order valence-electron chi connectivity index (χ3n) is 3.07. The summed E-state index contributed by atoms with van der Waals surface area (Å²) < 4.78 is 5.22. The Morgan fingerprint density at radius 3 is 2.90 bits per heavy atom. The van der Waals surface area contributed by atoms with Crippen LogP contribution in [0.1, 0.15) is 6.42 Å². The van der Waals surface area contributed by atoms with Gasteiger partial charge in [0.15, 0.2) is 0 Å². The minimum absolute atomic E-state index is 0.170. The van der Waals surface area contributed by atoms with Gasteiger partial charge >= 0.3 is 12.0 Å². The number of carboxylic acid groups (broad SMARTS) is 1. The third kappa shape index (κ3) is 4.23. The summed E-state index contributed by atoms with van der Waals surface area (Å²) in [5.74, 6) is -0.982. The molecule has 1 aliphatic heterocycles. The highest BCUT2D eigenvalue weighted by molar-refractivity contribution is 6.35. The fourth-order valence-corrected chi connectivity index (χ4v) is 2.41. The van der Waals surface area contributed by atoms with Gasteiger partial charge in [-0.2, -0.15) is 0 Å². The van der Waals surface area contributed by atoms with Crippen LogP contribution in [-0.2, 0) is 9.53 Å². The molecule has 1 aromatic rings. The molecule has 2 N–H and O–H groups in total. The van der Waals surface area contributed by atoms with Crippen molar-refractivity contribution in [3.63, 3.8) is 0 Å². The maximum Gasteiger partial charge on any atom is 0.322 e. The predicted molar refractivity (Wildman–Crippen MR) is 79.0 cm³/mol. The van der Waals surface area contributed by atoms with E-state index in [-0.39, 0.29) is 13.0 Å². The van der Waals surface area contributed by atoms with Gasteiger partial charge in [-0.1, -0.05) is 23.2 Å². The van der Waals surface area contributed by atoms with E-state index < -0.39 is 18.0 Å². The highest BCUT2D eigenvalue weighted by Gasteiger charge is 2.29. The Morgan fingerprint density at radius 1 is 1.43 bits per heavy atom. The molecule has 0 bridgehead atoms. The number of benzene rings is 1. The van der Waals surface area contributed by atoms with Crippen molar-refractivity contribution in [2.75, 3.05) is 25.1 Å². The van der Waals surface area contributed by atoms with Crippen molar-refractivity contribution in [2.24, 2.45) is 0 Å². The zero-order valence-electron chi connectivity index (χ0n) is 11.0. The summed E-state index contributed by atoms with van der Waals surface area (Å²) >= 11 is 11.9. The number of hydrogen-bond acceptors (Lipinski definition) is 3. The number of rotatable bonds is 3. The molecule has 1 heterocycles. The summed E-state index contributed by atoms with van der Waals surface area (Å²) in [4.78, 5) is 24.6. The molecule has 1 fully saturated rings. The van der Waals surface area contributed by atoms with E-state index in [2.05, 4.69) is 5.32 Å². The van der Waals surface area contributed by atoms with Gasteiger partial charge in [0.25, 0.3) is 0 Å². The number of morpholine rings is 1. The van der Waals surface area contributed by atoms with E-state index in [1.165, 1.54) is 11.0 Å². The quantitative estimate of drug-likeness (QED) is 0.891. The number of urea groups is 1. The number of halogens is 2. The summed E-state index contributed by atoms with van der Waals surface area (Å²) in [6, 6.07) is 3.80. The molecule has 0 aromatic heterocycles. The molecule has 1 atom stereocenters. The van der Waals surface area contributed by atoms with Gasteiger partial charge in [0, 0.05) is 11.6 Å². The number of hydrogen-bond donors (Lipinski definition) is 2. The van der Waals surface area contributed by atoms with Crippen molar-refractivity contribution in [3.05, 3.63) is 28.2 Å². The lowest BCUT2D eigenvalue weighted by atomic mass is 10.1. The lowest BCUT2D eigenvalue weighted by molar-refractivity contribution is -0.139. The van der Waals surface area contributed by atoms with Gasteiger partial charge in [0.1, 0.15) is 0 Å². The maximum atomic E-state index is 12.3. The van der Waals surface area contributed by atoms with Crippen molar-refractivity contribution in [1.82, 2.24) is 4.90 Å². The minimum Gasteiger partial charge on any atom is -0.481 e. The van der Waals surface area contributed by atoms with E-state index >= 15 is 0 Å². The van der Waals surface area contributed by atoms with Crippen LogP contribution in [0.2, 0.25) is 10.0 Å². The first kappa shape index (κ1) is 15.9. The van der Waals surface area contributed by atoms with Gasteiger partial charge in [0.05, 0.1) is 36.4 Å². The number of nitrogens with zero attached hydrogens (tertiary/aromatic N) is 1. The number of carbonyl (C=O) groups excluding carboxylic acids is 1. The number of nitrogens with one attached hydrogen (secondary N) is 1. The molecule has 0 aliphatic carbocycles. The fraction of sp³-hybridized carbons (Fsp3) is 0.385. The second-order valence-electron chi connectivity index (χ2n) is 4.57. The van der Waals surface area contributed by atoms with Gasteiger partial charge in [-0.15, -0.1) is 0 Å². The maximum absolute atomic E-state index is 12.3. The monoisotopic (exact) mass is 332 g/mol. The first-order chi connectivity index (χ1) is 9.97. The molecule has 0 radical (unpaired) electrons. The number of amides is 2. The Labute approximate surface area is 131 Å². The van der Waals surface area contributed by atoms with Gasteiger partial charge in [-0.25, -0.2) is 4.79 Å². The molecule has 1 saturated heterocycles. The lowest BCUT2D eigenvalue weighted by Gasteiger charge is -2.34. The van der Waals surface area contributed by atoms with E-state index in [1.807, 2.05) is 0 Å². The number of carbonyl (C=O) groups is 2. The molecule has 1 unspecified atom stereocenters. The average Bonchev–Trinajstić information content (AvgIpc) is 2.42. The van der Waals surface area contributed by atoms with Crippen LogP contribution in [0.25, 0.3) is 0 Å². The summed E-state index contributed by atoms with van der Waals surface area (Å²) in [5, 5.41) is 12.3. The first-order valence-electron chi connectivity index (χ1n) is 6.29. The van der Waals surface area contributed by atoms with Crippen LogP contribution in [0.15, 0.2) is 18.2 Å². The number of ether oxygens (including phenoxy) is 1. The van der Waals surface area contributed by atoms with Crippen molar-refractivity contribution in [3.8, 4) is 0 Å². The van der Waals surface area contributed by atoms with E-state index in [1.54, 1.807) is 12.1 Å². The van der Waals surface area contributed by atoms with Crippen LogP contribution in [0.3, 0.4) is 0 Å². The standard InChI is InChI=1S/C13H14Cl2N2O4/c14-8-1-2-10(15)11(5-8)16-13(20)17-3-4-21-7-9(17)6-12(18)19/h1-2,5,9H,3-4,6-7H2,(H,16,20)(H,18,19). The van der Waals surface area contributed by atoms with Crippen molar-refractivity contribution in [2.45, 2.75) is 12.5 Å². The van der Waals surface area contributed by atoms with E-state index in [0.29, 0.717) is 28.9 Å². The SMILES string of the molecule is O=C(O)CC1COCCN1C(=O)Nc1cc(Cl)ccc1Cl. The first-order valence-corrected chi connectivity index (χ1v) is 7.05. The molecule has 1 aromatic carbocycles. The highest BCUT2D eigenvalue weighted by atomic mass is 35.5. The smallest absolute Gasteiger partial charge is 0.322 e. The molecule has 114 valence electrons. The summed E-state index contributed by atoms with van der Waals surface area (Å²) in [5.41, 5.74) is 0.384. The number of aliphatic carboxylic acids is 1. The van der Waals surface area contributed by atoms with E-state index in [0.717, 1.165) is 0 Å². The van der Waals surface area contributed by atoms with Gasteiger partial charge in [-0.3, -0.25) is 4.79 Å². The molecular weight excluding hydrogens is 319 g/mol. The molecule has 0 saturated carbocycles. The van der Waals surface area contributed by atoms with Gasteiger partial charge in [0.2, 0.25) is 0 Å². The Bertz CT molecular complexity index is 553. The van der Waals surface area contributed by atoms with Crippen molar-refractivity contribution < 1.29 is 19.4 Å². The molecule has 0 spiro atoms. The number of anilines is 1. The van der Waals surface area contributed by atoms with Crippen LogP contribution in [-0.4, -0.2) is 47.8 Å². The molecule has 8 heteroatoms. The molecule has 1 aliphatic rings. The molecular formula is C13H14Cl2N2O4. The topological polar surface area (TPSA) is 78.9 Å². The van der Waals surface area contributed by atoms with Crippen LogP contribution in [0.5, 0.6) is 0 Å². The lowest BCUT2D eigenvalue weighted by Crippen LogP contribution is -2.51. The van der Waals surface area contributed by atoms with Crippen LogP contribution >= 0.6 is 23.2 Å². The molecule has 2 rings (SSSR count). The highest BCUT2D eigenvalue weighted by Crippen LogP contribution is 2.26. The Morgan fingerprint density at radius 2 is 2.19 bits per heavy atom. The van der Waals surface area contributed by atoms with Crippen LogP contribution in [0, 0.1) is 0 Å². The normalized spacial score (nSPS) is 18.4. The summed E-state index contributed by atoms with van der Waals surface area (Å²) in [6.07, 6.45) is -0.170. The second kappa shape index (κ2) is 6.98. The Balaban J connectivity index is 2.10.